The average molecular weight is 341 g/mol. The average Bonchev–Trinajstić information content (AvgIpc) is 2.28. The van der Waals surface area contributed by atoms with Crippen LogP contribution in [0.3, 0.4) is 0 Å². The Kier molecular flexibility index (Phi) is 21.4. The van der Waals surface area contributed by atoms with Gasteiger partial charge in [0.25, 0.3) is 0 Å². The fraction of sp³-hybridized carbons (Fsp3) is 0.417. The van der Waals surface area contributed by atoms with Gasteiger partial charge in [0, 0.05) is 0 Å². The normalized spacial score (nSPS) is 9.55. The SMILES string of the molecule is CCOc1cc(C(C)C(=O)O)ccc1OC.[Cl-].[Cl-].[Na+].[Na+]. The van der Waals surface area contributed by atoms with E-state index in [1.807, 2.05) is 6.92 Å². The van der Waals surface area contributed by atoms with Gasteiger partial charge in [-0.25, -0.2) is 0 Å². The molecule has 0 aliphatic heterocycles. The van der Waals surface area contributed by atoms with Crippen LogP contribution in [0.4, 0.5) is 0 Å². The summed E-state index contributed by atoms with van der Waals surface area (Å²) in [4.78, 5) is 10.9. The van der Waals surface area contributed by atoms with Crippen molar-refractivity contribution in [2.75, 3.05) is 13.7 Å². The summed E-state index contributed by atoms with van der Waals surface area (Å²) in [6.07, 6.45) is 0. The zero-order valence-corrected chi connectivity index (χ0v) is 18.0. The number of carbonyl (C=O) groups is 1. The van der Waals surface area contributed by atoms with E-state index in [-0.39, 0.29) is 83.9 Å². The number of ether oxygens (including phenoxy) is 2. The predicted octanol–water partition coefficient (Wildman–Crippen LogP) is -9.70. The van der Waals surface area contributed by atoms with Crippen LogP contribution < -0.4 is 93.4 Å². The topological polar surface area (TPSA) is 55.8 Å². The number of aliphatic carboxylic acids is 1. The summed E-state index contributed by atoms with van der Waals surface area (Å²) < 4.78 is 10.5. The first-order valence-electron chi connectivity index (χ1n) is 5.13. The minimum absolute atomic E-state index is 0. The smallest absolute Gasteiger partial charge is 1.00 e. The molecule has 0 radical (unpaired) electrons. The maximum atomic E-state index is 10.9. The molecule has 0 saturated carbocycles. The number of carboxylic acid groups (broad SMARTS) is 1. The monoisotopic (exact) mass is 340 g/mol. The van der Waals surface area contributed by atoms with Gasteiger partial charge in [0.15, 0.2) is 11.5 Å². The summed E-state index contributed by atoms with van der Waals surface area (Å²) in [5.74, 6) is -0.212. The molecule has 1 aromatic carbocycles. The molecule has 0 saturated heterocycles. The van der Waals surface area contributed by atoms with Crippen LogP contribution in [0, 0.1) is 0 Å². The van der Waals surface area contributed by atoms with Crippen LogP contribution in [0.1, 0.15) is 25.3 Å². The molecule has 104 valence electrons. The number of rotatable bonds is 5. The summed E-state index contributed by atoms with van der Waals surface area (Å²) in [5, 5.41) is 8.91. The van der Waals surface area contributed by atoms with Gasteiger partial charge in [0.1, 0.15) is 0 Å². The van der Waals surface area contributed by atoms with Gasteiger partial charge in [-0.3, -0.25) is 4.79 Å². The van der Waals surface area contributed by atoms with E-state index in [4.69, 9.17) is 14.6 Å². The number of benzene rings is 1. The van der Waals surface area contributed by atoms with Gasteiger partial charge in [-0.05, 0) is 31.5 Å². The van der Waals surface area contributed by atoms with Gasteiger partial charge in [-0.2, -0.15) is 0 Å². The second-order valence-electron chi connectivity index (χ2n) is 3.40. The van der Waals surface area contributed by atoms with E-state index in [0.717, 1.165) is 0 Å². The number of carboxylic acids is 1. The van der Waals surface area contributed by atoms with Gasteiger partial charge >= 0.3 is 65.1 Å². The summed E-state index contributed by atoms with van der Waals surface area (Å²) in [6, 6.07) is 5.17. The van der Waals surface area contributed by atoms with Crippen LogP contribution in [0.5, 0.6) is 11.5 Å². The molecule has 0 heterocycles. The number of hydrogen-bond acceptors (Lipinski definition) is 3. The predicted molar refractivity (Wildman–Crippen MR) is 60.2 cm³/mol. The van der Waals surface area contributed by atoms with E-state index in [2.05, 4.69) is 0 Å². The van der Waals surface area contributed by atoms with Crippen molar-refractivity contribution >= 4 is 5.97 Å². The Morgan fingerprint density at radius 2 is 1.80 bits per heavy atom. The van der Waals surface area contributed by atoms with Gasteiger partial charge in [-0.1, -0.05) is 6.07 Å². The molecule has 1 rings (SSSR count). The largest absolute Gasteiger partial charge is 1.00 e. The molecule has 0 amide bonds. The van der Waals surface area contributed by atoms with E-state index in [1.54, 1.807) is 32.2 Å². The molecule has 0 bridgehead atoms. The van der Waals surface area contributed by atoms with E-state index >= 15 is 0 Å². The van der Waals surface area contributed by atoms with Crippen LogP contribution in [0.15, 0.2) is 18.2 Å². The Bertz CT molecular complexity index is 392. The molecule has 20 heavy (non-hydrogen) atoms. The maximum absolute atomic E-state index is 10.9. The number of hydrogen-bond donors (Lipinski definition) is 1. The summed E-state index contributed by atoms with van der Waals surface area (Å²) in [5.41, 5.74) is 0.705. The van der Waals surface area contributed by atoms with Crippen LogP contribution in [-0.2, 0) is 4.79 Å². The summed E-state index contributed by atoms with van der Waals surface area (Å²) >= 11 is 0. The van der Waals surface area contributed by atoms with Crippen molar-refractivity contribution in [3.63, 3.8) is 0 Å². The molecule has 0 aromatic heterocycles. The minimum atomic E-state index is -0.854. The zero-order valence-electron chi connectivity index (χ0n) is 12.4. The minimum Gasteiger partial charge on any atom is -1.00 e. The van der Waals surface area contributed by atoms with Crippen LogP contribution in [0.25, 0.3) is 0 Å². The molecule has 0 fully saturated rings. The molecule has 1 N–H and O–H groups in total. The summed E-state index contributed by atoms with van der Waals surface area (Å²) in [6.45, 7) is 4.02. The number of methoxy groups -OCH3 is 1. The van der Waals surface area contributed by atoms with Crippen molar-refractivity contribution in [3.05, 3.63) is 23.8 Å². The first kappa shape index (κ1) is 29.0. The zero-order chi connectivity index (χ0) is 12.1. The number of halogens is 2. The Morgan fingerprint density at radius 1 is 1.25 bits per heavy atom. The quantitative estimate of drug-likeness (QED) is 0.541. The molecule has 0 aliphatic rings. The van der Waals surface area contributed by atoms with E-state index in [0.29, 0.717) is 23.7 Å². The van der Waals surface area contributed by atoms with Crippen LogP contribution >= 0.6 is 0 Å². The molecule has 0 aliphatic carbocycles. The molecule has 1 unspecified atom stereocenters. The Morgan fingerprint density at radius 3 is 2.20 bits per heavy atom. The third kappa shape index (κ3) is 8.35. The van der Waals surface area contributed by atoms with Gasteiger partial charge in [-0.15, -0.1) is 0 Å². The molecule has 1 atom stereocenters. The second-order valence-corrected chi connectivity index (χ2v) is 3.40. The van der Waals surface area contributed by atoms with Crippen molar-refractivity contribution in [1.29, 1.82) is 0 Å². The Balaban J connectivity index is -0.000000320. The fourth-order valence-corrected chi connectivity index (χ4v) is 1.37. The molecular formula is C12H16Cl2Na2O4. The maximum Gasteiger partial charge on any atom is 1.00 e. The van der Waals surface area contributed by atoms with Gasteiger partial charge in [0.2, 0.25) is 0 Å². The van der Waals surface area contributed by atoms with Gasteiger partial charge < -0.3 is 39.4 Å². The summed E-state index contributed by atoms with van der Waals surface area (Å²) in [7, 11) is 1.55. The third-order valence-corrected chi connectivity index (χ3v) is 2.36. The van der Waals surface area contributed by atoms with Crippen molar-refractivity contribution in [2.45, 2.75) is 19.8 Å². The second kappa shape index (κ2) is 14.8. The first-order valence-corrected chi connectivity index (χ1v) is 5.13. The Hall–Kier alpha value is 0.870. The van der Waals surface area contributed by atoms with E-state index < -0.39 is 11.9 Å². The molecule has 0 spiro atoms. The van der Waals surface area contributed by atoms with Crippen molar-refractivity contribution in [2.24, 2.45) is 0 Å². The first-order chi connectivity index (χ1) is 7.60. The van der Waals surface area contributed by atoms with Crippen LogP contribution in [0.2, 0.25) is 0 Å². The fourth-order valence-electron chi connectivity index (χ4n) is 1.37. The van der Waals surface area contributed by atoms with E-state index in [9.17, 15) is 4.79 Å². The molecule has 4 nitrogen and oxygen atoms in total. The Labute approximate surface area is 176 Å². The third-order valence-electron chi connectivity index (χ3n) is 2.36. The molecular weight excluding hydrogens is 325 g/mol. The van der Waals surface area contributed by atoms with Gasteiger partial charge in [0.05, 0.1) is 19.6 Å². The van der Waals surface area contributed by atoms with Crippen molar-refractivity contribution in [1.82, 2.24) is 0 Å². The van der Waals surface area contributed by atoms with Crippen molar-refractivity contribution < 1.29 is 103 Å². The molecule has 8 heteroatoms. The van der Waals surface area contributed by atoms with E-state index in [1.165, 1.54) is 0 Å². The van der Waals surface area contributed by atoms with Crippen LogP contribution in [-0.4, -0.2) is 24.8 Å². The standard InChI is InChI=1S/C12H16O4.2ClH.2Na/c1-4-16-11-7-9(8(2)12(13)14)5-6-10(11)15-3;;;;/h5-8H,4H2,1-3H3,(H,13,14);2*1H;;/q;;;2*+1/p-2. The van der Waals surface area contributed by atoms with Crippen molar-refractivity contribution in [3.8, 4) is 11.5 Å². The molecule has 1 aromatic rings.